The number of aromatic nitrogens is 3. The highest BCUT2D eigenvalue weighted by Gasteiger charge is 2.18. The number of hydrogen-bond acceptors (Lipinski definition) is 2. The molecule has 6 aromatic carbocycles. The summed E-state index contributed by atoms with van der Waals surface area (Å²) in [5.74, 6) is 0. The van der Waals surface area contributed by atoms with Crippen LogP contribution in [0.4, 0.5) is 17.1 Å². The maximum atomic E-state index is 4.82. The summed E-state index contributed by atoms with van der Waals surface area (Å²) in [6, 6.07) is 58.2. The molecule has 0 radical (unpaired) electrons. The van der Waals surface area contributed by atoms with Crippen molar-refractivity contribution < 1.29 is 0 Å². The van der Waals surface area contributed by atoms with Crippen LogP contribution in [0.25, 0.3) is 55.1 Å². The SMILES string of the molecule is c1ccc(N(c2cccc(-n3c4ccccc4c4ccccc43)c2)c2cccc(-n3c4ccccc4c4cccnc43)c2)cc1. The molecular formula is C41H28N4. The molecule has 0 saturated heterocycles. The Hall–Kier alpha value is -6.13. The molecule has 4 heteroatoms. The smallest absolute Gasteiger partial charge is 0.145 e. The van der Waals surface area contributed by atoms with Crippen molar-refractivity contribution in [2.45, 2.75) is 0 Å². The Bertz CT molecular complexity index is 2240. The monoisotopic (exact) mass is 576 g/mol. The van der Waals surface area contributed by atoms with Crippen LogP contribution in [0.3, 0.4) is 0 Å². The lowest BCUT2D eigenvalue weighted by Gasteiger charge is -2.26. The third-order valence-corrected chi connectivity index (χ3v) is 8.72. The standard InChI is InChI=1S/C41H28N4/c1-2-13-29(14-3-1)43(30-15-10-17-32(27-30)44-38-23-7-4-19-34(38)35-20-5-8-24-39(35)44)31-16-11-18-33(28-31)45-40-25-9-6-21-36(40)37-22-12-26-42-41(37)45/h1-28H. The number of benzene rings is 6. The van der Waals surface area contributed by atoms with Gasteiger partial charge in [0.2, 0.25) is 0 Å². The first-order chi connectivity index (χ1) is 22.3. The number of anilines is 3. The largest absolute Gasteiger partial charge is 0.310 e. The Kier molecular flexibility index (Phi) is 5.78. The molecule has 45 heavy (non-hydrogen) atoms. The van der Waals surface area contributed by atoms with E-state index in [1.807, 2.05) is 12.3 Å². The van der Waals surface area contributed by atoms with Crippen LogP contribution in [-0.2, 0) is 0 Å². The minimum atomic E-state index is 0.954. The predicted molar refractivity (Wildman–Crippen MR) is 188 cm³/mol. The normalized spacial score (nSPS) is 11.6. The van der Waals surface area contributed by atoms with Gasteiger partial charge in [0.25, 0.3) is 0 Å². The van der Waals surface area contributed by atoms with E-state index in [2.05, 4.69) is 172 Å². The van der Waals surface area contributed by atoms with Crippen molar-refractivity contribution in [3.05, 3.63) is 170 Å². The molecule has 0 atom stereocenters. The summed E-state index contributed by atoms with van der Waals surface area (Å²) in [4.78, 5) is 7.16. The fourth-order valence-electron chi connectivity index (χ4n) is 6.82. The zero-order chi connectivity index (χ0) is 29.7. The van der Waals surface area contributed by atoms with Gasteiger partial charge in [-0.2, -0.15) is 0 Å². The lowest BCUT2D eigenvalue weighted by Crippen LogP contribution is -2.11. The fraction of sp³-hybridized carbons (Fsp3) is 0. The van der Waals surface area contributed by atoms with E-state index < -0.39 is 0 Å². The van der Waals surface area contributed by atoms with Crippen molar-refractivity contribution in [1.82, 2.24) is 14.1 Å². The molecule has 212 valence electrons. The Balaban J connectivity index is 1.25. The van der Waals surface area contributed by atoms with Crippen molar-refractivity contribution in [2.75, 3.05) is 4.90 Å². The van der Waals surface area contributed by atoms with E-state index in [0.717, 1.165) is 45.0 Å². The first-order valence-corrected chi connectivity index (χ1v) is 15.2. The number of hydrogen-bond donors (Lipinski definition) is 0. The first kappa shape index (κ1) is 25.4. The van der Waals surface area contributed by atoms with E-state index in [4.69, 9.17) is 4.98 Å². The molecular weight excluding hydrogens is 548 g/mol. The first-order valence-electron chi connectivity index (χ1n) is 15.2. The molecule has 0 N–H and O–H groups in total. The number of para-hydroxylation sites is 4. The molecule has 0 fully saturated rings. The van der Waals surface area contributed by atoms with Crippen molar-refractivity contribution in [3.63, 3.8) is 0 Å². The second kappa shape index (κ2) is 10.2. The van der Waals surface area contributed by atoms with Crippen LogP contribution in [0.2, 0.25) is 0 Å². The third kappa shape index (κ3) is 4.04. The summed E-state index contributed by atoms with van der Waals surface area (Å²) >= 11 is 0. The molecule has 9 aromatic rings. The lowest BCUT2D eigenvalue weighted by molar-refractivity contribution is 1.13. The van der Waals surface area contributed by atoms with Crippen LogP contribution in [0, 0.1) is 0 Å². The van der Waals surface area contributed by atoms with Gasteiger partial charge >= 0.3 is 0 Å². The predicted octanol–water partition coefficient (Wildman–Crippen LogP) is 10.7. The minimum absolute atomic E-state index is 0.954. The average Bonchev–Trinajstić information content (AvgIpc) is 3.62. The van der Waals surface area contributed by atoms with E-state index in [0.29, 0.717) is 0 Å². The molecule has 0 aliphatic rings. The molecule has 4 nitrogen and oxygen atoms in total. The van der Waals surface area contributed by atoms with Gasteiger partial charge in [0.15, 0.2) is 0 Å². The van der Waals surface area contributed by atoms with Crippen molar-refractivity contribution in [2.24, 2.45) is 0 Å². The second-order valence-corrected chi connectivity index (χ2v) is 11.3. The van der Waals surface area contributed by atoms with Gasteiger partial charge < -0.3 is 9.47 Å². The Labute approximate surface area is 260 Å². The van der Waals surface area contributed by atoms with Gasteiger partial charge in [-0.1, -0.05) is 84.9 Å². The van der Waals surface area contributed by atoms with Crippen LogP contribution < -0.4 is 4.90 Å². The quantitative estimate of drug-likeness (QED) is 0.204. The Morgan fingerprint density at radius 2 is 0.844 bits per heavy atom. The molecule has 0 amide bonds. The van der Waals surface area contributed by atoms with Gasteiger partial charge in [0.05, 0.1) is 16.6 Å². The zero-order valence-corrected chi connectivity index (χ0v) is 24.5. The van der Waals surface area contributed by atoms with Gasteiger partial charge in [-0.05, 0) is 78.9 Å². The van der Waals surface area contributed by atoms with E-state index in [1.165, 1.54) is 27.2 Å². The van der Waals surface area contributed by atoms with Gasteiger partial charge in [-0.25, -0.2) is 4.98 Å². The molecule has 0 aliphatic heterocycles. The van der Waals surface area contributed by atoms with E-state index in [9.17, 15) is 0 Å². The molecule has 0 aliphatic carbocycles. The number of rotatable bonds is 5. The summed E-state index contributed by atoms with van der Waals surface area (Å²) < 4.78 is 4.64. The number of pyridine rings is 1. The third-order valence-electron chi connectivity index (χ3n) is 8.72. The molecule has 0 unspecified atom stereocenters. The summed E-state index contributed by atoms with van der Waals surface area (Å²) in [6.07, 6.45) is 1.87. The highest BCUT2D eigenvalue weighted by atomic mass is 15.1. The van der Waals surface area contributed by atoms with E-state index in [1.54, 1.807) is 0 Å². The van der Waals surface area contributed by atoms with Crippen molar-refractivity contribution in [3.8, 4) is 11.4 Å². The fourth-order valence-corrected chi connectivity index (χ4v) is 6.82. The van der Waals surface area contributed by atoms with Gasteiger partial charge in [-0.15, -0.1) is 0 Å². The molecule has 9 rings (SSSR count). The van der Waals surface area contributed by atoms with Gasteiger partial charge in [0.1, 0.15) is 5.65 Å². The molecule has 3 heterocycles. The summed E-state index contributed by atoms with van der Waals surface area (Å²) in [6.45, 7) is 0. The zero-order valence-electron chi connectivity index (χ0n) is 24.5. The maximum Gasteiger partial charge on any atom is 0.145 e. The van der Waals surface area contributed by atoms with E-state index in [-0.39, 0.29) is 0 Å². The number of nitrogens with zero attached hydrogens (tertiary/aromatic N) is 4. The van der Waals surface area contributed by atoms with Crippen molar-refractivity contribution in [1.29, 1.82) is 0 Å². The maximum absolute atomic E-state index is 4.82. The van der Waals surface area contributed by atoms with Crippen LogP contribution in [0.1, 0.15) is 0 Å². The van der Waals surface area contributed by atoms with Crippen LogP contribution >= 0.6 is 0 Å². The molecule has 3 aromatic heterocycles. The second-order valence-electron chi connectivity index (χ2n) is 11.3. The average molecular weight is 577 g/mol. The molecule has 0 saturated carbocycles. The van der Waals surface area contributed by atoms with Crippen LogP contribution in [0.5, 0.6) is 0 Å². The highest BCUT2D eigenvalue weighted by molar-refractivity contribution is 6.09. The lowest BCUT2D eigenvalue weighted by atomic mass is 10.1. The highest BCUT2D eigenvalue weighted by Crippen LogP contribution is 2.39. The Morgan fingerprint density at radius 1 is 0.378 bits per heavy atom. The Morgan fingerprint density at radius 3 is 1.47 bits per heavy atom. The molecule has 0 spiro atoms. The topological polar surface area (TPSA) is 26.0 Å². The summed E-state index contributed by atoms with van der Waals surface area (Å²) in [5, 5.41) is 4.86. The minimum Gasteiger partial charge on any atom is -0.310 e. The van der Waals surface area contributed by atoms with Gasteiger partial charge in [0, 0.05) is 56.2 Å². The van der Waals surface area contributed by atoms with Crippen LogP contribution in [-0.4, -0.2) is 14.1 Å². The van der Waals surface area contributed by atoms with E-state index >= 15 is 0 Å². The summed E-state index contributed by atoms with van der Waals surface area (Å²) in [5.41, 5.74) is 9.92. The summed E-state index contributed by atoms with van der Waals surface area (Å²) in [7, 11) is 0. The van der Waals surface area contributed by atoms with Crippen molar-refractivity contribution >= 4 is 60.8 Å². The van der Waals surface area contributed by atoms with Gasteiger partial charge in [-0.3, -0.25) is 4.57 Å². The van der Waals surface area contributed by atoms with Crippen LogP contribution in [0.15, 0.2) is 170 Å². The molecule has 0 bridgehead atoms. The number of fused-ring (bicyclic) bond motifs is 6.